The van der Waals surface area contributed by atoms with E-state index < -0.39 is 62.9 Å². The summed E-state index contributed by atoms with van der Waals surface area (Å²) in [5.74, 6) is -4.03. The summed E-state index contributed by atoms with van der Waals surface area (Å²) in [6, 6.07) is 9.27. The SMILES string of the molecule is O=C(COc1ccccc1)NC1C(=O)N(S(=O)(=O)[O-])C1SC(=S)OCCn1cc(C(=O)[O-])c(=O)c2cc(F)c(N3CCNCC3)cc21.[Na+].[Na+]. The van der Waals surface area contributed by atoms with E-state index in [0.29, 0.717) is 43.7 Å². The summed E-state index contributed by atoms with van der Waals surface area (Å²) in [6.07, 6.45) is 1.04. The van der Waals surface area contributed by atoms with E-state index in [1.54, 1.807) is 35.2 Å². The van der Waals surface area contributed by atoms with Gasteiger partial charge in [0, 0.05) is 37.8 Å². The Hall–Kier alpha value is -2.30. The standard InChI is InChI=1S/C28H28FN5O10S3.2Na/c29-19-12-17-20(13-21(19)32-8-6-30-7-9-32)33(14-18(24(17)36)27(38)39)10-11-43-28(45)46-26-23(25(37)34(26)47(40,41)42)31-22(35)15-44-16-4-2-1-3-5-16;;/h1-5,12-14,23,26,30H,6-11,15H2,(H,31,35)(H,38,39)(H,40,41,42);;/q;2*+1/p-2. The van der Waals surface area contributed by atoms with Crippen LogP contribution in [0.2, 0.25) is 0 Å². The molecule has 0 radical (unpaired) electrons. The number of carboxylic acid groups (broad SMARTS) is 1. The molecule has 250 valence electrons. The van der Waals surface area contributed by atoms with Crippen molar-refractivity contribution in [2.24, 2.45) is 0 Å². The molecule has 2 N–H and O–H groups in total. The van der Waals surface area contributed by atoms with Gasteiger partial charge in [0.2, 0.25) is 4.38 Å². The van der Waals surface area contributed by atoms with Gasteiger partial charge in [-0.1, -0.05) is 18.2 Å². The number of fused-ring (bicyclic) bond motifs is 1. The van der Waals surface area contributed by atoms with Crippen LogP contribution in [0.25, 0.3) is 10.9 Å². The zero-order chi connectivity index (χ0) is 33.9. The summed E-state index contributed by atoms with van der Waals surface area (Å²) in [6.45, 7) is 1.34. The van der Waals surface area contributed by atoms with Crippen molar-refractivity contribution < 1.29 is 105 Å². The number of nitrogens with zero attached hydrogens (tertiary/aromatic N) is 3. The smallest absolute Gasteiger partial charge is 0.731 e. The number of β-lactam (4-membered cyclic amide) rings is 1. The Balaban J connectivity index is 0.00000325. The number of ether oxygens (including phenoxy) is 2. The van der Waals surface area contributed by atoms with Crippen molar-refractivity contribution in [3.05, 3.63) is 70.3 Å². The van der Waals surface area contributed by atoms with E-state index in [2.05, 4.69) is 10.6 Å². The molecule has 3 aromatic rings. The Bertz CT molecular complexity index is 1900. The number of benzene rings is 2. The topological polar surface area (TPSA) is 202 Å². The number of thioether (sulfide) groups is 1. The first-order valence-electron chi connectivity index (χ1n) is 14.0. The summed E-state index contributed by atoms with van der Waals surface area (Å²) in [7, 11) is -5.27. The number of thiocarbonyl (C=S) groups is 1. The first-order chi connectivity index (χ1) is 22.3. The molecule has 2 fully saturated rings. The number of aromatic nitrogens is 1. The Morgan fingerprint density at radius 2 is 1.80 bits per heavy atom. The Morgan fingerprint density at radius 1 is 1.12 bits per heavy atom. The van der Waals surface area contributed by atoms with Gasteiger partial charge < -0.3 is 44.0 Å². The molecule has 2 amide bonds. The maximum atomic E-state index is 15.1. The van der Waals surface area contributed by atoms with E-state index in [9.17, 15) is 37.3 Å². The van der Waals surface area contributed by atoms with E-state index in [1.807, 2.05) is 0 Å². The molecule has 3 heterocycles. The van der Waals surface area contributed by atoms with Crippen LogP contribution in [0.4, 0.5) is 10.1 Å². The number of carbonyl (C=O) groups is 3. The third-order valence-electron chi connectivity index (χ3n) is 7.27. The minimum Gasteiger partial charge on any atom is -0.731 e. The van der Waals surface area contributed by atoms with Gasteiger partial charge in [0.15, 0.2) is 22.3 Å². The van der Waals surface area contributed by atoms with Crippen molar-refractivity contribution >= 4 is 73.0 Å². The van der Waals surface area contributed by atoms with Gasteiger partial charge >= 0.3 is 59.1 Å². The quantitative estimate of drug-likeness (QED) is 0.0810. The third kappa shape index (κ3) is 9.73. The molecule has 21 heteroatoms. The number of halogens is 1. The molecule has 2 aliphatic rings. The van der Waals surface area contributed by atoms with E-state index in [1.165, 1.54) is 10.6 Å². The predicted molar refractivity (Wildman–Crippen MR) is 168 cm³/mol. The van der Waals surface area contributed by atoms with Crippen molar-refractivity contribution in [2.75, 3.05) is 44.3 Å². The molecule has 2 saturated heterocycles. The van der Waals surface area contributed by atoms with Gasteiger partial charge in [-0.2, -0.15) is 0 Å². The summed E-state index contributed by atoms with van der Waals surface area (Å²) >= 11 is 5.71. The van der Waals surface area contributed by atoms with E-state index in [-0.39, 0.29) is 97.5 Å². The van der Waals surface area contributed by atoms with Crippen molar-refractivity contribution in [3.63, 3.8) is 0 Å². The molecule has 5 rings (SSSR count). The molecule has 2 aliphatic heterocycles. The molecule has 0 spiro atoms. The van der Waals surface area contributed by atoms with Crippen LogP contribution in [0.3, 0.4) is 0 Å². The molecule has 15 nitrogen and oxygen atoms in total. The number of hydrogen-bond acceptors (Lipinski definition) is 14. The Labute approximate surface area is 333 Å². The fourth-order valence-corrected chi connectivity index (χ4v) is 7.45. The molecular weight excluding hydrogens is 728 g/mol. The van der Waals surface area contributed by atoms with E-state index in [0.717, 1.165) is 12.3 Å². The van der Waals surface area contributed by atoms with Crippen LogP contribution in [-0.2, 0) is 31.2 Å². The van der Waals surface area contributed by atoms with Crippen LogP contribution < -0.4 is 89.9 Å². The minimum atomic E-state index is -5.27. The first kappa shape index (κ1) is 41.1. The van der Waals surface area contributed by atoms with E-state index >= 15 is 4.39 Å². The van der Waals surface area contributed by atoms with Gasteiger partial charge in [0.1, 0.15) is 29.6 Å². The molecule has 2 atom stereocenters. The van der Waals surface area contributed by atoms with Crippen molar-refractivity contribution in [1.82, 2.24) is 19.5 Å². The first-order valence-corrected chi connectivity index (χ1v) is 16.6. The summed E-state index contributed by atoms with van der Waals surface area (Å²) < 4.78 is 62.3. The van der Waals surface area contributed by atoms with Crippen molar-refractivity contribution in [1.29, 1.82) is 0 Å². The number of anilines is 1. The maximum Gasteiger partial charge on any atom is 1.00 e. The van der Waals surface area contributed by atoms with Crippen LogP contribution in [0, 0.1) is 5.82 Å². The summed E-state index contributed by atoms with van der Waals surface area (Å²) in [4.78, 5) is 51.2. The number of hydrogen-bond donors (Lipinski definition) is 2. The van der Waals surface area contributed by atoms with Gasteiger partial charge in [-0.3, -0.25) is 14.4 Å². The second kappa shape index (κ2) is 17.8. The third-order valence-corrected chi connectivity index (χ3v) is 9.73. The second-order valence-corrected chi connectivity index (χ2v) is 13.2. The molecule has 1 aromatic heterocycles. The summed E-state index contributed by atoms with van der Waals surface area (Å²) in [5.41, 5.74) is -1.20. The predicted octanol–water partition coefficient (Wildman–Crippen LogP) is -6.85. The fourth-order valence-electron chi connectivity index (χ4n) is 5.04. The van der Waals surface area contributed by atoms with Gasteiger partial charge in [-0.15, -0.1) is 0 Å². The number of carbonyl (C=O) groups excluding carboxylic acids is 3. The largest absolute Gasteiger partial charge is 1.00 e. The molecule has 2 unspecified atom stereocenters. The average molecular weight is 754 g/mol. The second-order valence-electron chi connectivity index (χ2n) is 10.3. The number of amides is 2. The van der Waals surface area contributed by atoms with E-state index in [4.69, 9.17) is 21.7 Å². The molecule has 49 heavy (non-hydrogen) atoms. The molecule has 0 bridgehead atoms. The van der Waals surface area contributed by atoms with Crippen molar-refractivity contribution in [3.8, 4) is 5.75 Å². The van der Waals surface area contributed by atoms with Gasteiger partial charge in [0.05, 0.1) is 29.3 Å². The number of piperazine rings is 1. The molecular formula is C28H26FN5Na2O10S3. The zero-order valence-electron chi connectivity index (χ0n) is 26.3. The number of para-hydroxylation sites is 1. The molecule has 0 aliphatic carbocycles. The normalized spacial score (nSPS) is 17.3. The van der Waals surface area contributed by atoms with Crippen molar-refractivity contribution in [2.45, 2.75) is 18.0 Å². The minimum absolute atomic E-state index is 0. The number of pyridine rings is 1. The Kier molecular flexibility index (Phi) is 14.9. The number of carboxylic acids is 1. The Morgan fingerprint density at radius 3 is 2.43 bits per heavy atom. The fraction of sp³-hybridized carbons (Fsp3) is 0.321. The maximum absolute atomic E-state index is 15.1. The van der Waals surface area contributed by atoms with Crippen LogP contribution >= 0.6 is 24.0 Å². The average Bonchev–Trinajstić information content (AvgIpc) is 3.03. The number of aromatic carboxylic acids is 1. The monoisotopic (exact) mass is 753 g/mol. The van der Waals surface area contributed by atoms with Gasteiger partial charge in [0.25, 0.3) is 11.8 Å². The van der Waals surface area contributed by atoms with Crippen LogP contribution in [-0.4, -0.2) is 94.8 Å². The van der Waals surface area contributed by atoms with Gasteiger partial charge in [-0.05, 0) is 48.2 Å². The number of rotatable bonds is 11. The van der Waals surface area contributed by atoms with Crippen LogP contribution in [0.1, 0.15) is 10.4 Å². The molecule has 0 saturated carbocycles. The van der Waals surface area contributed by atoms with Crippen LogP contribution in [0.15, 0.2) is 53.5 Å². The van der Waals surface area contributed by atoms with Gasteiger partial charge in [-0.25, -0.2) is 17.1 Å². The van der Waals surface area contributed by atoms with Crippen LogP contribution in [0.5, 0.6) is 5.75 Å². The zero-order valence-corrected chi connectivity index (χ0v) is 32.7. The molecule has 2 aromatic carbocycles. The number of nitrogens with one attached hydrogen (secondary N) is 2. The summed E-state index contributed by atoms with van der Waals surface area (Å²) in [5, 5.41) is 15.5.